The fourth-order valence-electron chi connectivity index (χ4n) is 1.54. The molecule has 0 aliphatic heterocycles. The first-order chi connectivity index (χ1) is 7.13. The van der Waals surface area contributed by atoms with Crippen molar-refractivity contribution in [1.82, 2.24) is 10.2 Å². The zero-order chi connectivity index (χ0) is 11.3. The predicted octanol–water partition coefficient (Wildman–Crippen LogP) is 1.49. The fourth-order valence-corrected chi connectivity index (χ4v) is 1.54. The van der Waals surface area contributed by atoms with Crippen LogP contribution in [0.1, 0.15) is 33.1 Å². The predicted molar refractivity (Wildman–Crippen MR) is 62.7 cm³/mol. The average Bonchev–Trinajstić information content (AvgIpc) is 3.01. The summed E-state index contributed by atoms with van der Waals surface area (Å²) < 4.78 is 0. The minimum absolute atomic E-state index is 0.218. The Balaban J connectivity index is 2.08. The van der Waals surface area contributed by atoms with Gasteiger partial charge in [-0.25, -0.2) is 0 Å². The van der Waals surface area contributed by atoms with Gasteiger partial charge >= 0.3 is 0 Å². The Morgan fingerprint density at radius 2 is 2.20 bits per heavy atom. The molecule has 1 N–H and O–H groups in total. The molecule has 0 aromatic rings. The minimum Gasteiger partial charge on any atom is -0.344 e. The van der Waals surface area contributed by atoms with Crippen molar-refractivity contribution in [3.8, 4) is 0 Å². The zero-order valence-electron chi connectivity index (χ0n) is 10.3. The minimum atomic E-state index is 0.218. The van der Waals surface area contributed by atoms with E-state index in [-0.39, 0.29) is 5.91 Å². The Morgan fingerprint density at radius 3 is 2.73 bits per heavy atom. The van der Waals surface area contributed by atoms with Crippen molar-refractivity contribution in [2.45, 2.75) is 33.1 Å². The van der Waals surface area contributed by atoms with Crippen LogP contribution in [0.4, 0.5) is 0 Å². The molecule has 1 rings (SSSR count). The Labute approximate surface area is 93.2 Å². The van der Waals surface area contributed by atoms with Crippen LogP contribution in [-0.4, -0.2) is 37.5 Å². The van der Waals surface area contributed by atoms with E-state index in [1.807, 2.05) is 11.9 Å². The van der Waals surface area contributed by atoms with Gasteiger partial charge in [-0.1, -0.05) is 20.3 Å². The third-order valence-corrected chi connectivity index (χ3v) is 3.11. The third kappa shape index (κ3) is 5.17. The van der Waals surface area contributed by atoms with Gasteiger partial charge in [0.1, 0.15) is 0 Å². The van der Waals surface area contributed by atoms with Crippen LogP contribution in [0.5, 0.6) is 0 Å². The largest absolute Gasteiger partial charge is 0.344 e. The van der Waals surface area contributed by atoms with Crippen LogP contribution in [0.3, 0.4) is 0 Å². The van der Waals surface area contributed by atoms with E-state index >= 15 is 0 Å². The normalized spacial score (nSPS) is 17.5. The lowest BCUT2D eigenvalue weighted by Crippen LogP contribution is -2.38. The van der Waals surface area contributed by atoms with E-state index in [0.717, 1.165) is 25.4 Å². The highest BCUT2D eigenvalue weighted by Gasteiger charge is 2.21. The van der Waals surface area contributed by atoms with Gasteiger partial charge in [0.05, 0.1) is 6.54 Å². The molecule has 1 fully saturated rings. The number of carbonyl (C=O) groups is 1. The Bertz CT molecular complexity index is 202. The molecule has 88 valence electrons. The van der Waals surface area contributed by atoms with Crippen molar-refractivity contribution < 1.29 is 4.79 Å². The number of carbonyl (C=O) groups excluding carboxylic acids is 1. The molecule has 0 heterocycles. The van der Waals surface area contributed by atoms with E-state index in [1.165, 1.54) is 12.8 Å². The summed E-state index contributed by atoms with van der Waals surface area (Å²) in [7, 11) is 1.90. The molecular formula is C12H24N2O. The summed E-state index contributed by atoms with van der Waals surface area (Å²) in [6.45, 7) is 6.74. The summed E-state index contributed by atoms with van der Waals surface area (Å²) in [4.78, 5) is 13.5. The van der Waals surface area contributed by atoms with Crippen molar-refractivity contribution in [3.63, 3.8) is 0 Å². The smallest absolute Gasteiger partial charge is 0.236 e. The lowest BCUT2D eigenvalue weighted by atomic mass is 10.1. The molecule has 15 heavy (non-hydrogen) atoms. The summed E-state index contributed by atoms with van der Waals surface area (Å²) in [6.07, 6.45) is 3.81. The second-order valence-corrected chi connectivity index (χ2v) is 4.86. The molecule has 1 saturated carbocycles. The van der Waals surface area contributed by atoms with Gasteiger partial charge in [-0.3, -0.25) is 4.79 Å². The third-order valence-electron chi connectivity index (χ3n) is 3.11. The summed E-state index contributed by atoms with van der Waals surface area (Å²) in [5.74, 6) is 1.66. The summed E-state index contributed by atoms with van der Waals surface area (Å²) >= 11 is 0. The SMILES string of the molecule is CCC(C)CN(C)C(=O)CNCC1CC1. The first-order valence-electron chi connectivity index (χ1n) is 6.08. The van der Waals surface area contributed by atoms with E-state index in [9.17, 15) is 4.79 Å². The standard InChI is InChI=1S/C12H24N2O/c1-4-10(2)9-14(3)12(15)8-13-7-11-5-6-11/h10-11,13H,4-9H2,1-3H3. The molecule has 1 atom stereocenters. The molecule has 0 bridgehead atoms. The molecule has 0 aromatic carbocycles. The Morgan fingerprint density at radius 1 is 1.53 bits per heavy atom. The molecule has 0 saturated heterocycles. The second-order valence-electron chi connectivity index (χ2n) is 4.86. The zero-order valence-corrected chi connectivity index (χ0v) is 10.3. The first-order valence-corrected chi connectivity index (χ1v) is 6.08. The van der Waals surface area contributed by atoms with Crippen LogP contribution in [0, 0.1) is 11.8 Å². The van der Waals surface area contributed by atoms with Gasteiger partial charge in [0.25, 0.3) is 0 Å². The van der Waals surface area contributed by atoms with Crippen LogP contribution < -0.4 is 5.32 Å². The van der Waals surface area contributed by atoms with E-state index in [0.29, 0.717) is 12.5 Å². The molecule has 0 spiro atoms. The van der Waals surface area contributed by atoms with Crippen molar-refractivity contribution in [3.05, 3.63) is 0 Å². The van der Waals surface area contributed by atoms with Crippen molar-refractivity contribution in [2.24, 2.45) is 11.8 Å². The second kappa shape index (κ2) is 6.11. The van der Waals surface area contributed by atoms with E-state index in [2.05, 4.69) is 19.2 Å². The average molecular weight is 212 g/mol. The van der Waals surface area contributed by atoms with Gasteiger partial charge < -0.3 is 10.2 Å². The molecule has 3 heteroatoms. The lowest BCUT2D eigenvalue weighted by molar-refractivity contribution is -0.129. The van der Waals surface area contributed by atoms with Gasteiger partial charge in [0.15, 0.2) is 0 Å². The lowest BCUT2D eigenvalue weighted by Gasteiger charge is -2.21. The topological polar surface area (TPSA) is 32.3 Å². The van der Waals surface area contributed by atoms with Crippen molar-refractivity contribution in [2.75, 3.05) is 26.7 Å². The molecule has 3 nitrogen and oxygen atoms in total. The number of nitrogens with zero attached hydrogens (tertiary/aromatic N) is 1. The van der Waals surface area contributed by atoms with Crippen LogP contribution >= 0.6 is 0 Å². The molecular weight excluding hydrogens is 188 g/mol. The number of hydrogen-bond acceptors (Lipinski definition) is 2. The summed E-state index contributed by atoms with van der Waals surface area (Å²) in [5, 5.41) is 3.23. The van der Waals surface area contributed by atoms with Crippen LogP contribution in [0.2, 0.25) is 0 Å². The van der Waals surface area contributed by atoms with E-state index in [1.54, 1.807) is 0 Å². The Hall–Kier alpha value is -0.570. The maximum absolute atomic E-state index is 11.7. The Kier molecular flexibility index (Phi) is 5.09. The maximum Gasteiger partial charge on any atom is 0.236 e. The fraction of sp³-hybridized carbons (Fsp3) is 0.917. The highest BCUT2D eigenvalue weighted by molar-refractivity contribution is 5.77. The quantitative estimate of drug-likeness (QED) is 0.693. The molecule has 1 amide bonds. The summed E-state index contributed by atoms with van der Waals surface area (Å²) in [5.41, 5.74) is 0. The number of nitrogens with one attached hydrogen (secondary N) is 1. The van der Waals surface area contributed by atoms with Crippen LogP contribution in [-0.2, 0) is 4.79 Å². The highest BCUT2D eigenvalue weighted by atomic mass is 16.2. The van der Waals surface area contributed by atoms with Gasteiger partial charge in [-0.05, 0) is 31.2 Å². The van der Waals surface area contributed by atoms with Crippen molar-refractivity contribution in [1.29, 1.82) is 0 Å². The highest BCUT2D eigenvalue weighted by Crippen LogP contribution is 2.27. The van der Waals surface area contributed by atoms with E-state index in [4.69, 9.17) is 0 Å². The molecule has 1 unspecified atom stereocenters. The molecule has 1 aliphatic carbocycles. The van der Waals surface area contributed by atoms with Gasteiger partial charge in [0.2, 0.25) is 5.91 Å². The van der Waals surface area contributed by atoms with Crippen LogP contribution in [0.15, 0.2) is 0 Å². The molecule has 0 radical (unpaired) electrons. The first kappa shape index (κ1) is 12.5. The number of rotatable bonds is 7. The maximum atomic E-state index is 11.7. The summed E-state index contributed by atoms with van der Waals surface area (Å²) in [6, 6.07) is 0. The van der Waals surface area contributed by atoms with Gasteiger partial charge in [0, 0.05) is 13.6 Å². The number of amides is 1. The monoisotopic (exact) mass is 212 g/mol. The number of likely N-dealkylation sites (N-methyl/N-ethyl adjacent to an activating group) is 1. The van der Waals surface area contributed by atoms with Crippen molar-refractivity contribution >= 4 is 5.91 Å². The van der Waals surface area contributed by atoms with Gasteiger partial charge in [-0.15, -0.1) is 0 Å². The molecule has 1 aliphatic rings. The number of hydrogen-bond donors (Lipinski definition) is 1. The molecule has 0 aromatic heterocycles. The van der Waals surface area contributed by atoms with Gasteiger partial charge in [-0.2, -0.15) is 0 Å². The van der Waals surface area contributed by atoms with Crippen LogP contribution in [0.25, 0.3) is 0 Å². The van der Waals surface area contributed by atoms with E-state index < -0.39 is 0 Å².